The van der Waals surface area contributed by atoms with E-state index in [1.807, 2.05) is 0 Å². The summed E-state index contributed by atoms with van der Waals surface area (Å²) in [6.07, 6.45) is 14.7. The van der Waals surface area contributed by atoms with E-state index in [0.29, 0.717) is 0 Å². The van der Waals surface area contributed by atoms with Gasteiger partial charge in [-0.05, 0) is 73.6 Å². The zero-order chi connectivity index (χ0) is 18.1. The van der Waals surface area contributed by atoms with Gasteiger partial charge in [0.2, 0.25) is 0 Å². The van der Waals surface area contributed by atoms with E-state index >= 15 is 0 Å². The van der Waals surface area contributed by atoms with Crippen molar-refractivity contribution >= 4 is 11.0 Å². The van der Waals surface area contributed by atoms with Gasteiger partial charge in [0.1, 0.15) is 5.52 Å². The first-order chi connectivity index (χ1) is 12.3. The highest BCUT2D eigenvalue weighted by atomic mass is 15.3. The summed E-state index contributed by atoms with van der Waals surface area (Å²) in [7, 11) is 0. The van der Waals surface area contributed by atoms with Crippen LogP contribution in [0, 0.1) is 0 Å². The molecule has 0 aliphatic heterocycles. The third-order valence-electron chi connectivity index (χ3n) is 5.35. The monoisotopic (exact) mass is 343 g/mol. The van der Waals surface area contributed by atoms with Crippen molar-refractivity contribution in [2.75, 3.05) is 0 Å². The molecule has 0 bridgehead atoms. The molecule has 25 heavy (non-hydrogen) atoms. The van der Waals surface area contributed by atoms with Crippen molar-refractivity contribution in [3.8, 4) is 0 Å². The molecule has 0 aliphatic rings. The minimum absolute atomic E-state index is 1.14. The Morgan fingerprint density at radius 3 is 1.56 bits per heavy atom. The van der Waals surface area contributed by atoms with E-state index in [4.69, 9.17) is 0 Å². The number of hydrogen-bond acceptors (Lipinski definition) is 2. The molecule has 0 saturated carbocycles. The number of unbranched alkanes of at least 4 members (excludes halogenated alkanes) is 4. The Balaban J connectivity index is 2.62. The molecule has 1 aromatic heterocycles. The van der Waals surface area contributed by atoms with Crippen LogP contribution >= 0.6 is 0 Å². The van der Waals surface area contributed by atoms with Crippen LogP contribution < -0.4 is 0 Å². The van der Waals surface area contributed by atoms with E-state index in [1.165, 1.54) is 80.9 Å². The number of benzene rings is 1. The number of aryl methyl sites for hydroxylation is 2. The summed E-state index contributed by atoms with van der Waals surface area (Å²) in [6, 6.07) is 0. The van der Waals surface area contributed by atoms with Crippen molar-refractivity contribution in [3.05, 3.63) is 22.3 Å². The van der Waals surface area contributed by atoms with Gasteiger partial charge in [0.05, 0.1) is 5.52 Å². The molecule has 0 spiro atoms. The molecule has 0 aliphatic carbocycles. The van der Waals surface area contributed by atoms with E-state index in [-0.39, 0.29) is 0 Å². The second kappa shape index (κ2) is 10.6. The molecular formula is C22H37N3. The number of aromatic amines is 1. The third-order valence-corrected chi connectivity index (χ3v) is 5.35. The largest absolute Gasteiger partial charge is 0.257 e. The molecule has 2 aromatic rings. The lowest BCUT2D eigenvalue weighted by Crippen LogP contribution is -2.08. The quantitative estimate of drug-likeness (QED) is 0.489. The normalized spacial score (nSPS) is 11.5. The van der Waals surface area contributed by atoms with Crippen LogP contribution in [-0.4, -0.2) is 15.4 Å². The van der Waals surface area contributed by atoms with E-state index in [0.717, 1.165) is 18.4 Å². The molecule has 1 N–H and O–H groups in total. The second-order valence-corrected chi connectivity index (χ2v) is 7.36. The van der Waals surface area contributed by atoms with Crippen molar-refractivity contribution in [2.45, 2.75) is 105 Å². The molecule has 3 nitrogen and oxygen atoms in total. The van der Waals surface area contributed by atoms with Gasteiger partial charge in [0.25, 0.3) is 0 Å². The lowest BCUT2D eigenvalue weighted by molar-refractivity contribution is 0.723. The van der Waals surface area contributed by atoms with E-state index in [1.54, 1.807) is 11.1 Å². The van der Waals surface area contributed by atoms with Gasteiger partial charge >= 0.3 is 0 Å². The molecule has 3 heteroatoms. The minimum atomic E-state index is 1.14. The van der Waals surface area contributed by atoms with Crippen LogP contribution in [0.2, 0.25) is 0 Å². The number of hydrogen-bond donors (Lipinski definition) is 1. The Labute approximate surface area is 154 Å². The van der Waals surface area contributed by atoms with Crippen molar-refractivity contribution in [1.29, 1.82) is 0 Å². The van der Waals surface area contributed by atoms with Crippen molar-refractivity contribution < 1.29 is 0 Å². The fraction of sp³-hybridized carbons (Fsp3) is 0.727. The first-order valence-corrected chi connectivity index (χ1v) is 10.6. The van der Waals surface area contributed by atoms with E-state index in [9.17, 15) is 0 Å². The predicted octanol–water partition coefficient (Wildman–Crippen LogP) is 6.33. The Morgan fingerprint density at radius 2 is 1.04 bits per heavy atom. The summed E-state index contributed by atoms with van der Waals surface area (Å²) in [4.78, 5) is 0. The number of nitrogens with one attached hydrogen (secondary N) is 1. The summed E-state index contributed by atoms with van der Waals surface area (Å²) in [5.74, 6) is 0. The molecule has 0 atom stereocenters. The van der Waals surface area contributed by atoms with Crippen LogP contribution in [0.3, 0.4) is 0 Å². The Morgan fingerprint density at radius 1 is 0.600 bits per heavy atom. The van der Waals surface area contributed by atoms with E-state index in [2.05, 4.69) is 43.1 Å². The summed E-state index contributed by atoms with van der Waals surface area (Å²) >= 11 is 0. The zero-order valence-electron chi connectivity index (χ0n) is 16.9. The molecular weight excluding hydrogens is 306 g/mol. The fourth-order valence-electron chi connectivity index (χ4n) is 3.87. The molecule has 0 fully saturated rings. The smallest absolute Gasteiger partial charge is 0.116 e. The maximum Gasteiger partial charge on any atom is 0.116 e. The first kappa shape index (κ1) is 19.9. The molecule has 0 radical (unpaired) electrons. The molecule has 140 valence electrons. The minimum Gasteiger partial charge on any atom is -0.257 e. The molecule has 0 unspecified atom stereocenters. The summed E-state index contributed by atoms with van der Waals surface area (Å²) < 4.78 is 0. The average Bonchev–Trinajstić information content (AvgIpc) is 3.11. The third kappa shape index (κ3) is 4.83. The molecule has 0 amide bonds. The van der Waals surface area contributed by atoms with Gasteiger partial charge in [0.15, 0.2) is 0 Å². The van der Waals surface area contributed by atoms with Crippen LogP contribution in [0.4, 0.5) is 0 Å². The topological polar surface area (TPSA) is 41.6 Å². The average molecular weight is 344 g/mol. The number of nitrogens with zero attached hydrogens (tertiary/aromatic N) is 2. The summed E-state index contributed by atoms with van der Waals surface area (Å²) in [5, 5.41) is 12.0. The number of rotatable bonds is 12. The Kier molecular flexibility index (Phi) is 8.43. The van der Waals surface area contributed by atoms with Gasteiger partial charge in [0, 0.05) is 0 Å². The highest BCUT2D eigenvalue weighted by molar-refractivity contribution is 5.84. The summed E-state index contributed by atoms with van der Waals surface area (Å²) in [5.41, 5.74) is 8.65. The van der Waals surface area contributed by atoms with Crippen LogP contribution in [0.5, 0.6) is 0 Å². The van der Waals surface area contributed by atoms with Gasteiger partial charge in [-0.25, -0.2) is 0 Å². The Bertz CT molecular complexity index is 588. The SMILES string of the molecule is CCCCc1c(CCCC)c(CCCC)c2[nH]nnc2c1CCCC. The predicted molar refractivity (Wildman–Crippen MR) is 108 cm³/mol. The van der Waals surface area contributed by atoms with Gasteiger partial charge < -0.3 is 0 Å². The first-order valence-electron chi connectivity index (χ1n) is 10.6. The molecule has 0 saturated heterocycles. The van der Waals surface area contributed by atoms with Gasteiger partial charge in [-0.1, -0.05) is 58.6 Å². The van der Waals surface area contributed by atoms with Crippen LogP contribution in [0.25, 0.3) is 11.0 Å². The zero-order valence-corrected chi connectivity index (χ0v) is 16.9. The molecule has 2 rings (SSSR count). The van der Waals surface area contributed by atoms with Gasteiger partial charge in [-0.2, -0.15) is 0 Å². The fourth-order valence-corrected chi connectivity index (χ4v) is 3.87. The van der Waals surface area contributed by atoms with Crippen LogP contribution in [0.1, 0.15) is 101 Å². The van der Waals surface area contributed by atoms with Crippen LogP contribution in [0.15, 0.2) is 0 Å². The van der Waals surface area contributed by atoms with Gasteiger partial charge in [-0.3, -0.25) is 5.10 Å². The van der Waals surface area contributed by atoms with Crippen molar-refractivity contribution in [1.82, 2.24) is 15.4 Å². The van der Waals surface area contributed by atoms with E-state index < -0.39 is 0 Å². The van der Waals surface area contributed by atoms with Crippen molar-refractivity contribution in [2.24, 2.45) is 0 Å². The standard InChI is InChI=1S/C22H37N3/c1-5-9-13-17-18(14-10-6-2)20(16-12-8-4)22-21(23-25-24-22)19(17)15-11-7-3/h5-16H2,1-4H3,(H,23,24,25). The second-order valence-electron chi connectivity index (χ2n) is 7.36. The van der Waals surface area contributed by atoms with Gasteiger partial charge in [-0.15, -0.1) is 5.10 Å². The lowest BCUT2D eigenvalue weighted by Gasteiger charge is -2.20. The maximum atomic E-state index is 4.52. The molecule has 1 aromatic carbocycles. The highest BCUT2D eigenvalue weighted by Crippen LogP contribution is 2.33. The highest BCUT2D eigenvalue weighted by Gasteiger charge is 2.20. The van der Waals surface area contributed by atoms with Crippen molar-refractivity contribution in [3.63, 3.8) is 0 Å². The number of aromatic nitrogens is 3. The Hall–Kier alpha value is -1.38. The number of fused-ring (bicyclic) bond motifs is 1. The summed E-state index contributed by atoms with van der Waals surface area (Å²) in [6.45, 7) is 9.15. The van der Waals surface area contributed by atoms with Crippen LogP contribution in [-0.2, 0) is 25.7 Å². The number of H-pyrrole nitrogens is 1. The maximum absolute atomic E-state index is 4.52. The molecule has 1 heterocycles. The lowest BCUT2D eigenvalue weighted by atomic mass is 9.85.